The summed E-state index contributed by atoms with van der Waals surface area (Å²) >= 11 is 0. The molecule has 0 aliphatic carbocycles. The maximum absolute atomic E-state index is 14.2. The minimum atomic E-state index is -7.49. The van der Waals surface area contributed by atoms with Crippen LogP contribution in [0.25, 0.3) is 0 Å². The molecule has 0 aliphatic heterocycles. The molecule has 1 atom stereocenters. The van der Waals surface area contributed by atoms with E-state index in [2.05, 4.69) is 0 Å². The summed E-state index contributed by atoms with van der Waals surface area (Å²) in [5.41, 5.74) is -8.44. The van der Waals surface area contributed by atoms with Crippen LogP contribution in [0.3, 0.4) is 0 Å². The normalized spacial score (nSPS) is 16.0. The van der Waals surface area contributed by atoms with Gasteiger partial charge in [-0.25, -0.2) is 4.39 Å². The third-order valence-electron chi connectivity index (χ3n) is 3.50. The number of hydrogen-bond acceptors (Lipinski definition) is 0. The first-order chi connectivity index (χ1) is 10.9. The second kappa shape index (κ2) is 5.97. The van der Waals surface area contributed by atoms with Gasteiger partial charge in [-0.1, -0.05) is 29.8 Å². The molecule has 0 aromatic heterocycles. The maximum atomic E-state index is 14.2. The lowest BCUT2D eigenvalue weighted by atomic mass is 9.72. The van der Waals surface area contributed by atoms with Crippen LogP contribution in [-0.4, -0.2) is 24.5 Å². The molecule has 0 bridgehead atoms. The first-order valence-corrected chi connectivity index (χ1v) is 6.20. The maximum Gasteiger partial charge on any atom is 0.454 e. The van der Waals surface area contributed by atoms with Gasteiger partial charge in [-0.2, -0.15) is 48.3 Å². The lowest BCUT2D eigenvalue weighted by Crippen LogP contribution is -2.68. The van der Waals surface area contributed by atoms with E-state index in [1.165, 1.54) is 6.92 Å². The van der Waals surface area contributed by atoms with Crippen LogP contribution < -0.4 is 0 Å². The molecule has 0 heterocycles. The van der Waals surface area contributed by atoms with Crippen molar-refractivity contribution in [3.63, 3.8) is 0 Å². The predicted molar refractivity (Wildman–Crippen MR) is 60.6 cm³/mol. The van der Waals surface area contributed by atoms with E-state index in [0.29, 0.717) is 0 Å². The van der Waals surface area contributed by atoms with Gasteiger partial charge in [0, 0.05) is 0 Å². The Morgan fingerprint density at radius 3 is 1.28 bits per heavy atom. The Kier molecular flexibility index (Phi) is 5.12. The van der Waals surface area contributed by atoms with Gasteiger partial charge in [0.15, 0.2) is 6.17 Å². The van der Waals surface area contributed by atoms with Crippen molar-refractivity contribution in [3.8, 4) is 0 Å². The first kappa shape index (κ1) is 21.4. The van der Waals surface area contributed by atoms with E-state index in [4.69, 9.17) is 0 Å². The van der Waals surface area contributed by atoms with Gasteiger partial charge in [-0.15, -0.1) is 0 Å². The van der Waals surface area contributed by atoms with E-state index in [-0.39, 0.29) is 17.7 Å². The SMILES string of the molecule is Cc1ccc(C(F)C(C(F)(F)F)(C(F)(F)F)C(F)(F)C(F)(F)F)cc1. The highest BCUT2D eigenvalue weighted by atomic mass is 19.4. The van der Waals surface area contributed by atoms with Crippen LogP contribution >= 0.6 is 0 Å². The summed E-state index contributed by atoms with van der Waals surface area (Å²) < 4.78 is 156. The molecule has 1 aromatic carbocycles. The molecule has 0 amide bonds. The average molecular weight is 392 g/mol. The summed E-state index contributed by atoms with van der Waals surface area (Å²) in [4.78, 5) is 0. The highest BCUT2D eigenvalue weighted by Gasteiger charge is 2.92. The van der Waals surface area contributed by atoms with Gasteiger partial charge in [0.2, 0.25) is 0 Å². The number of aryl methyl sites for hydroxylation is 1. The Balaban J connectivity index is 3.88. The highest BCUT2D eigenvalue weighted by Crippen LogP contribution is 2.68. The lowest BCUT2D eigenvalue weighted by Gasteiger charge is -2.44. The molecular weight excluding hydrogens is 384 g/mol. The zero-order chi connectivity index (χ0) is 20.1. The molecule has 0 N–H and O–H groups in total. The second-order valence-electron chi connectivity index (χ2n) is 5.15. The molecule has 12 heteroatoms. The molecule has 0 radical (unpaired) electrons. The Bertz CT molecular complexity index is 575. The third-order valence-corrected chi connectivity index (χ3v) is 3.50. The van der Waals surface area contributed by atoms with Crippen LogP contribution in [-0.2, 0) is 0 Å². The minimum absolute atomic E-state index is 0.197. The van der Waals surface area contributed by atoms with Crippen molar-refractivity contribution >= 4 is 0 Å². The van der Waals surface area contributed by atoms with Crippen LogP contribution in [0.1, 0.15) is 17.3 Å². The second-order valence-corrected chi connectivity index (χ2v) is 5.15. The van der Waals surface area contributed by atoms with Crippen LogP contribution in [0, 0.1) is 12.3 Å². The van der Waals surface area contributed by atoms with E-state index >= 15 is 0 Å². The van der Waals surface area contributed by atoms with Gasteiger partial charge in [0.25, 0.3) is 5.41 Å². The summed E-state index contributed by atoms with van der Waals surface area (Å²) in [5.74, 6) is -7.49. The van der Waals surface area contributed by atoms with Gasteiger partial charge >= 0.3 is 24.5 Å². The van der Waals surface area contributed by atoms with Crippen LogP contribution in [0.5, 0.6) is 0 Å². The third kappa shape index (κ3) is 3.14. The topological polar surface area (TPSA) is 0 Å². The Morgan fingerprint density at radius 2 is 1.00 bits per heavy atom. The largest absolute Gasteiger partial charge is 0.454 e. The van der Waals surface area contributed by atoms with Crippen LogP contribution in [0.15, 0.2) is 24.3 Å². The molecule has 0 saturated carbocycles. The lowest BCUT2D eigenvalue weighted by molar-refractivity contribution is -0.462. The number of hydrogen-bond donors (Lipinski definition) is 0. The van der Waals surface area contributed by atoms with Crippen molar-refractivity contribution in [2.24, 2.45) is 5.41 Å². The predicted octanol–water partition coefficient (Wildman–Crippen LogP) is 6.31. The first-order valence-electron chi connectivity index (χ1n) is 6.20. The van der Waals surface area contributed by atoms with Gasteiger partial charge < -0.3 is 0 Å². The van der Waals surface area contributed by atoms with Crippen molar-refractivity contribution in [2.45, 2.75) is 37.5 Å². The van der Waals surface area contributed by atoms with Gasteiger partial charge in [-0.05, 0) is 12.5 Å². The standard InChI is InChI=1S/C13H8F12/c1-6-2-4-7(5-3-6)8(14)9(11(17,18)19,12(20,21)22)10(15,16)13(23,24)25/h2-5,8H,1H3. The van der Waals surface area contributed by atoms with Gasteiger partial charge in [0.1, 0.15) is 0 Å². The van der Waals surface area contributed by atoms with Crippen molar-refractivity contribution < 1.29 is 52.7 Å². The molecular formula is C13H8F12. The molecule has 1 unspecified atom stereocenters. The highest BCUT2D eigenvalue weighted by molar-refractivity contribution is 5.28. The number of benzene rings is 1. The molecule has 0 aliphatic rings. The fourth-order valence-corrected chi connectivity index (χ4v) is 2.17. The van der Waals surface area contributed by atoms with Gasteiger partial charge in [0.05, 0.1) is 0 Å². The summed E-state index contributed by atoms with van der Waals surface area (Å²) in [5, 5.41) is 0. The van der Waals surface area contributed by atoms with E-state index in [1.54, 1.807) is 0 Å². The molecule has 0 spiro atoms. The van der Waals surface area contributed by atoms with E-state index in [1.807, 2.05) is 0 Å². The smallest absolute Gasteiger partial charge is 0.241 e. The fraction of sp³-hybridized carbons (Fsp3) is 0.538. The average Bonchev–Trinajstić information content (AvgIpc) is 2.34. The Morgan fingerprint density at radius 1 is 0.640 bits per heavy atom. The van der Waals surface area contributed by atoms with E-state index in [9.17, 15) is 52.7 Å². The molecule has 0 saturated heterocycles. The van der Waals surface area contributed by atoms with E-state index < -0.39 is 41.6 Å². The van der Waals surface area contributed by atoms with Crippen molar-refractivity contribution in [2.75, 3.05) is 0 Å². The summed E-state index contributed by atoms with van der Waals surface area (Å²) in [6.45, 7) is 1.28. The summed E-state index contributed by atoms with van der Waals surface area (Å²) in [7, 11) is 0. The molecule has 0 nitrogen and oxygen atoms in total. The van der Waals surface area contributed by atoms with Gasteiger partial charge in [-0.3, -0.25) is 0 Å². The Labute approximate surface area is 132 Å². The molecule has 0 fully saturated rings. The van der Waals surface area contributed by atoms with Crippen molar-refractivity contribution in [1.82, 2.24) is 0 Å². The fourth-order valence-electron chi connectivity index (χ4n) is 2.17. The number of halogens is 12. The number of rotatable bonds is 3. The zero-order valence-corrected chi connectivity index (χ0v) is 11.9. The quantitative estimate of drug-likeness (QED) is 0.529. The summed E-state index contributed by atoms with van der Waals surface area (Å²) in [6, 6.07) is 2.09. The van der Waals surface area contributed by atoms with Crippen LogP contribution in [0.2, 0.25) is 0 Å². The molecule has 1 rings (SSSR count). The monoisotopic (exact) mass is 392 g/mol. The van der Waals surface area contributed by atoms with Crippen LogP contribution in [0.4, 0.5) is 52.7 Å². The van der Waals surface area contributed by atoms with Crippen molar-refractivity contribution in [3.05, 3.63) is 35.4 Å². The van der Waals surface area contributed by atoms with E-state index in [0.717, 1.165) is 12.1 Å². The minimum Gasteiger partial charge on any atom is -0.241 e. The zero-order valence-electron chi connectivity index (χ0n) is 11.9. The summed E-state index contributed by atoms with van der Waals surface area (Å²) in [6.07, 6.45) is -26.7. The molecule has 1 aromatic rings. The Hall–Kier alpha value is -1.62. The molecule has 25 heavy (non-hydrogen) atoms. The van der Waals surface area contributed by atoms with Crippen molar-refractivity contribution in [1.29, 1.82) is 0 Å². The molecule has 144 valence electrons. The number of alkyl halides is 12.